The number of ether oxygens (including phenoxy) is 2. The van der Waals surface area contributed by atoms with E-state index in [1.54, 1.807) is 24.3 Å². The van der Waals surface area contributed by atoms with Gasteiger partial charge < -0.3 is 9.47 Å². The highest BCUT2D eigenvalue weighted by atomic mass is 19.1. The van der Waals surface area contributed by atoms with E-state index in [9.17, 15) is 27.2 Å². The van der Waals surface area contributed by atoms with Gasteiger partial charge in [0.1, 0.15) is 58.0 Å². The largest absolute Gasteiger partial charge is 0.423 e. The second kappa shape index (κ2) is 11.3. The summed E-state index contributed by atoms with van der Waals surface area (Å²) >= 11 is 0. The van der Waals surface area contributed by atoms with E-state index in [1.165, 1.54) is 36.4 Å². The second-order valence-corrected chi connectivity index (χ2v) is 8.10. The normalized spacial score (nSPS) is 10.3. The van der Waals surface area contributed by atoms with Gasteiger partial charge in [0.05, 0.1) is 11.1 Å². The molecule has 0 aromatic heterocycles. The zero-order valence-electron chi connectivity index (χ0n) is 19.7. The smallest absolute Gasteiger partial charge is 0.343 e. The number of benzene rings is 4. The van der Waals surface area contributed by atoms with Gasteiger partial charge in [-0.2, -0.15) is 10.5 Å². The molecule has 0 unspecified atom stereocenters. The van der Waals surface area contributed by atoms with Gasteiger partial charge in [0.15, 0.2) is 0 Å². The van der Waals surface area contributed by atoms with E-state index in [0.717, 1.165) is 35.4 Å². The number of halogens is 4. The molecular weight excluding hydrogens is 516 g/mol. The maximum atomic E-state index is 13.7. The van der Waals surface area contributed by atoms with E-state index >= 15 is 0 Å². The number of carbonyl (C=O) groups excluding carboxylic acids is 2. The molecule has 4 aromatic rings. The highest BCUT2D eigenvalue weighted by Gasteiger charge is 2.16. The lowest BCUT2D eigenvalue weighted by molar-refractivity contribution is 0.0724. The quantitative estimate of drug-likeness (QED) is 0.172. The third-order valence-electron chi connectivity index (χ3n) is 5.46. The molecule has 0 aliphatic heterocycles. The van der Waals surface area contributed by atoms with Gasteiger partial charge in [-0.25, -0.2) is 27.2 Å². The molecule has 0 aliphatic rings. The zero-order valence-corrected chi connectivity index (χ0v) is 19.7. The number of hydrogen-bond donors (Lipinski definition) is 0. The number of rotatable bonds is 6. The second-order valence-electron chi connectivity index (χ2n) is 8.10. The Bertz CT molecular complexity index is 1500. The summed E-state index contributed by atoms with van der Waals surface area (Å²) in [4.78, 5) is 24.7. The molecule has 0 bridgehead atoms. The van der Waals surface area contributed by atoms with E-state index in [4.69, 9.17) is 20.0 Å². The molecule has 0 saturated heterocycles. The highest BCUT2D eigenvalue weighted by Crippen LogP contribution is 2.23. The predicted octanol–water partition coefficient (Wildman–Crippen LogP) is 6.02. The van der Waals surface area contributed by atoms with Crippen LogP contribution < -0.4 is 9.47 Å². The molecule has 0 atom stereocenters. The molecule has 6 nitrogen and oxygen atoms in total. The van der Waals surface area contributed by atoms with Gasteiger partial charge in [-0.05, 0) is 41.8 Å². The Labute approximate surface area is 218 Å². The number of carbonyl (C=O) groups is 2. The minimum absolute atomic E-state index is 0.123. The summed E-state index contributed by atoms with van der Waals surface area (Å²) in [6.07, 6.45) is 0.419. The molecule has 0 spiro atoms. The van der Waals surface area contributed by atoms with Crippen molar-refractivity contribution in [1.82, 2.24) is 0 Å². The van der Waals surface area contributed by atoms with Crippen molar-refractivity contribution in [3.05, 3.63) is 129 Å². The molecule has 10 heteroatoms. The van der Waals surface area contributed by atoms with Crippen LogP contribution in [0, 0.1) is 45.9 Å². The first-order valence-corrected chi connectivity index (χ1v) is 11.1. The SMILES string of the molecule is N#Cc1c(F)cc(OC(=O)c2ccc(Cc3ccc(C(=O)Oc4cc(F)c(C#N)c(F)c4)cc3)cc2)cc1F. The lowest BCUT2D eigenvalue weighted by Gasteiger charge is -2.08. The van der Waals surface area contributed by atoms with Crippen LogP contribution in [0.25, 0.3) is 0 Å². The molecule has 4 rings (SSSR count). The summed E-state index contributed by atoms with van der Waals surface area (Å²) < 4.78 is 64.9. The Morgan fingerprint density at radius 2 is 0.897 bits per heavy atom. The molecule has 0 fully saturated rings. The maximum absolute atomic E-state index is 13.7. The fourth-order valence-electron chi connectivity index (χ4n) is 3.52. The maximum Gasteiger partial charge on any atom is 0.343 e. The average molecular weight is 530 g/mol. The van der Waals surface area contributed by atoms with Crippen molar-refractivity contribution >= 4 is 11.9 Å². The molecule has 0 heterocycles. The standard InChI is InChI=1S/C29H14F4N2O4/c30-24-10-20(11-25(31)22(24)14-34)38-28(36)18-5-1-16(2-6-18)9-17-3-7-19(8-4-17)29(37)39-21-12-26(32)23(15-35)27(33)13-21/h1-8,10-13H,9H2. The Hall–Kier alpha value is -5.48. The van der Waals surface area contributed by atoms with Gasteiger partial charge >= 0.3 is 11.9 Å². The van der Waals surface area contributed by atoms with Crippen molar-refractivity contribution in [2.75, 3.05) is 0 Å². The first-order chi connectivity index (χ1) is 18.7. The zero-order chi connectivity index (χ0) is 28.1. The van der Waals surface area contributed by atoms with Crippen LogP contribution in [0.3, 0.4) is 0 Å². The van der Waals surface area contributed by atoms with Crippen molar-refractivity contribution in [2.24, 2.45) is 0 Å². The van der Waals surface area contributed by atoms with Crippen LogP contribution >= 0.6 is 0 Å². The average Bonchev–Trinajstić information content (AvgIpc) is 2.89. The lowest BCUT2D eigenvalue weighted by Crippen LogP contribution is -2.09. The van der Waals surface area contributed by atoms with Gasteiger partial charge in [0.25, 0.3) is 0 Å². The van der Waals surface area contributed by atoms with E-state index in [-0.39, 0.29) is 22.6 Å². The molecule has 192 valence electrons. The van der Waals surface area contributed by atoms with Gasteiger partial charge in [0.2, 0.25) is 0 Å². The van der Waals surface area contributed by atoms with Crippen molar-refractivity contribution in [3.8, 4) is 23.6 Å². The third-order valence-corrected chi connectivity index (χ3v) is 5.46. The van der Waals surface area contributed by atoms with Gasteiger partial charge in [-0.15, -0.1) is 0 Å². The van der Waals surface area contributed by atoms with Crippen LogP contribution in [0.4, 0.5) is 17.6 Å². The van der Waals surface area contributed by atoms with Crippen molar-refractivity contribution < 1.29 is 36.6 Å². The van der Waals surface area contributed by atoms with Crippen LogP contribution in [0.1, 0.15) is 43.0 Å². The van der Waals surface area contributed by atoms with E-state index in [2.05, 4.69) is 0 Å². The van der Waals surface area contributed by atoms with E-state index in [1.807, 2.05) is 0 Å². The van der Waals surface area contributed by atoms with Gasteiger partial charge in [0, 0.05) is 24.3 Å². The Kier molecular flexibility index (Phi) is 7.69. The molecule has 0 radical (unpaired) electrons. The van der Waals surface area contributed by atoms with Crippen LogP contribution in [0.15, 0.2) is 72.8 Å². The van der Waals surface area contributed by atoms with E-state index in [0.29, 0.717) is 6.42 Å². The van der Waals surface area contributed by atoms with Gasteiger partial charge in [-0.3, -0.25) is 0 Å². The minimum atomic E-state index is -1.15. The molecule has 4 aromatic carbocycles. The van der Waals surface area contributed by atoms with Gasteiger partial charge in [-0.1, -0.05) is 24.3 Å². The number of hydrogen-bond acceptors (Lipinski definition) is 6. The number of esters is 2. The Balaban J connectivity index is 1.38. The first kappa shape index (κ1) is 26.6. The summed E-state index contributed by atoms with van der Waals surface area (Å²) in [7, 11) is 0. The summed E-state index contributed by atoms with van der Waals surface area (Å²) in [6.45, 7) is 0. The van der Waals surface area contributed by atoms with Crippen LogP contribution in [0.2, 0.25) is 0 Å². The summed E-state index contributed by atoms with van der Waals surface area (Å²) in [5.41, 5.74) is 0.277. The minimum Gasteiger partial charge on any atom is -0.423 e. The Morgan fingerprint density at radius 3 is 1.18 bits per heavy atom. The van der Waals surface area contributed by atoms with E-state index < -0.39 is 46.3 Å². The summed E-state index contributed by atoms with van der Waals surface area (Å²) in [5, 5.41) is 17.4. The predicted molar refractivity (Wildman–Crippen MR) is 128 cm³/mol. The lowest BCUT2D eigenvalue weighted by atomic mass is 10.0. The molecule has 0 amide bonds. The molecule has 0 N–H and O–H groups in total. The molecule has 0 aliphatic carbocycles. The van der Waals surface area contributed by atoms with Crippen LogP contribution in [-0.4, -0.2) is 11.9 Å². The molecule has 0 saturated carbocycles. The third kappa shape index (κ3) is 6.09. The fourth-order valence-corrected chi connectivity index (χ4v) is 3.52. The highest BCUT2D eigenvalue weighted by molar-refractivity contribution is 5.91. The number of nitriles is 2. The Morgan fingerprint density at radius 1 is 0.590 bits per heavy atom. The molecule has 39 heavy (non-hydrogen) atoms. The molecular formula is C29H14F4N2O4. The van der Waals surface area contributed by atoms with Crippen molar-refractivity contribution in [2.45, 2.75) is 6.42 Å². The van der Waals surface area contributed by atoms with Crippen molar-refractivity contribution in [3.63, 3.8) is 0 Å². The van der Waals surface area contributed by atoms with Crippen LogP contribution in [0.5, 0.6) is 11.5 Å². The first-order valence-electron chi connectivity index (χ1n) is 11.1. The number of nitrogens with zero attached hydrogens (tertiary/aromatic N) is 2. The fraction of sp³-hybridized carbons (Fsp3) is 0.0345. The topological polar surface area (TPSA) is 100 Å². The monoisotopic (exact) mass is 530 g/mol. The van der Waals surface area contributed by atoms with Crippen molar-refractivity contribution in [1.29, 1.82) is 10.5 Å². The summed E-state index contributed by atoms with van der Waals surface area (Å²) in [6, 6.07) is 18.2. The summed E-state index contributed by atoms with van der Waals surface area (Å²) in [5.74, 6) is -7.06. The van der Waals surface area contributed by atoms with Crippen LogP contribution in [-0.2, 0) is 6.42 Å².